The molecule has 1 saturated heterocycles. The number of isocyanates is 1. The van der Waals surface area contributed by atoms with Gasteiger partial charge in [-0.15, -0.1) is 48.5 Å². The Labute approximate surface area is 678 Å². The van der Waals surface area contributed by atoms with E-state index < -0.39 is 76.5 Å². The number of carboxylic acid groups (broad SMARTS) is 2. The Morgan fingerprint density at radius 3 is 1.08 bits per heavy atom. The van der Waals surface area contributed by atoms with Gasteiger partial charge in [-0.25, -0.2) is 43.7 Å². The van der Waals surface area contributed by atoms with Crippen LogP contribution < -0.4 is 5.32 Å². The summed E-state index contributed by atoms with van der Waals surface area (Å²) < 4.78 is 122. The Balaban J connectivity index is -0.00000123. The number of carbonyl (C=O) groups is 5. The molecular weight excluding hydrogens is 1840 g/mol. The molecule has 7 heterocycles. The number of hydrogen-bond acceptors (Lipinski definition) is 18. The molecule has 0 spiro atoms. The number of hydrogen-bond donors (Lipinski definition) is 4. The third kappa shape index (κ3) is 43.6. The number of aromatic carboxylic acids is 2. The SMILES string of the molecule is C.C.C1CCOC1.C=C(C)C(=O)OCCN=C=O.C=C(C)C(=O)OCCNC(=O)OCc1ccc(C(=O)O)nc1.CC.CC.Fc1c[c-]c(-c2ccccn2)c(F)c1.Fc1c[c-]c(-c2ccccn2)c(F)c1.Fc1c[c-]c(-c2ccccn2)c(F)c1.Fc1c[c-]c(-c2ccccn2)c(F)c1.O=C(O)c1ccc(CO)cn1.[Ir].[Ir]. The number of esters is 2. The number of pyridine rings is 6. The number of rotatable bonds is 17. The Bertz CT molecular complexity index is 4100. The maximum atomic E-state index is 13.2. The number of benzene rings is 4. The van der Waals surface area contributed by atoms with E-state index in [1.54, 1.807) is 105 Å². The number of carboxylic acids is 2. The Kier molecular flexibility index (Phi) is 58.1. The summed E-state index contributed by atoms with van der Waals surface area (Å²) in [6.45, 7) is 20.1. The first-order valence-corrected chi connectivity index (χ1v) is 32.7. The van der Waals surface area contributed by atoms with Crippen LogP contribution in [0.3, 0.4) is 0 Å². The topological polar surface area (TPSA) is 302 Å². The normalized spacial score (nSPS) is 9.80. The van der Waals surface area contributed by atoms with Crippen molar-refractivity contribution in [2.45, 2.75) is 82.5 Å². The molecule has 113 heavy (non-hydrogen) atoms. The second-order valence-corrected chi connectivity index (χ2v) is 20.5. The maximum absolute atomic E-state index is 13.2. The van der Waals surface area contributed by atoms with Gasteiger partial charge in [-0.2, -0.15) is 0 Å². The fraction of sp³-hybridized carbons (Fsp3) is 0.220. The van der Waals surface area contributed by atoms with Gasteiger partial charge in [0.25, 0.3) is 0 Å². The van der Waals surface area contributed by atoms with Crippen LogP contribution in [0.1, 0.15) is 101 Å². The van der Waals surface area contributed by atoms with Gasteiger partial charge in [0.2, 0.25) is 6.08 Å². The first-order chi connectivity index (χ1) is 52.4. The van der Waals surface area contributed by atoms with Crippen LogP contribution in [0.5, 0.6) is 0 Å². The van der Waals surface area contributed by atoms with Gasteiger partial charge in [0.05, 0.1) is 19.7 Å². The molecule has 0 unspecified atom stereocenters. The van der Waals surface area contributed by atoms with Crippen molar-refractivity contribution in [3.05, 3.63) is 300 Å². The molecule has 6 aromatic heterocycles. The molecule has 1 aliphatic rings. The van der Waals surface area contributed by atoms with Gasteiger partial charge in [0.1, 0.15) is 31.2 Å². The Morgan fingerprint density at radius 1 is 0.504 bits per heavy atom. The van der Waals surface area contributed by atoms with Crippen molar-refractivity contribution < 1.29 is 138 Å². The van der Waals surface area contributed by atoms with Gasteiger partial charge < -0.3 is 59.5 Å². The van der Waals surface area contributed by atoms with E-state index in [9.17, 15) is 63.9 Å². The summed E-state index contributed by atoms with van der Waals surface area (Å²) in [4.78, 5) is 89.7. The summed E-state index contributed by atoms with van der Waals surface area (Å²) in [6.07, 6.45) is 12.0. The quantitative estimate of drug-likeness (QED) is 0.00962. The molecule has 2 radical (unpaired) electrons. The number of amides is 1. The zero-order chi connectivity index (χ0) is 80.9. The zero-order valence-corrected chi connectivity index (χ0v) is 65.3. The first kappa shape index (κ1) is 106. The van der Waals surface area contributed by atoms with Gasteiger partial charge >= 0.3 is 30.0 Å². The summed E-state index contributed by atoms with van der Waals surface area (Å²) >= 11 is 0. The molecule has 11 rings (SSSR count). The molecular formula is C82H84F8Ir2N8O13-4. The standard InChI is InChI=1S/C14H16N2O6.4C11H6F2N.C7H7NO3.C7H9NO3.C4H8O.2C2H6.2CH4.2Ir/c1-9(2)13(19)21-6-5-15-14(20)22-8-10-3-4-11(12(17)18)16-7-10;4*12-8-4-5-9(10(13)7-8)11-3-1-2-6-14-11;9-4-5-1-2-6(7(10)11)8-3-5;1-6(2)7(10)11-4-3-8-5-9;1-2-4-5-3-1;2*1-2;;;;/h3-4,7H,1,5-6,8H2,2H3,(H,15,20)(H,17,18);4*1-4,6-7H;1-3,9H,4H2,(H,10,11);1,3-4H2,2H3;1-4H2;2*1-2H3;2*1H4;;/q;4*-1;;;;;;;;;. The van der Waals surface area contributed by atoms with Gasteiger partial charge in [0, 0.05) is 154 Å². The largest absolute Gasteiger partial charge is 0.477 e. The number of ether oxygens (including phenoxy) is 4. The molecule has 31 heteroatoms. The Morgan fingerprint density at radius 2 is 0.832 bits per heavy atom. The average molecular weight is 1930 g/mol. The zero-order valence-electron chi connectivity index (χ0n) is 60.6. The van der Waals surface area contributed by atoms with Crippen molar-refractivity contribution in [1.82, 2.24) is 35.2 Å². The minimum Gasteiger partial charge on any atom is -0.477 e. The third-order valence-corrected chi connectivity index (χ3v) is 12.4. The number of aromatic nitrogens is 6. The van der Waals surface area contributed by atoms with E-state index in [0.29, 0.717) is 39.5 Å². The monoisotopic (exact) mass is 1930 g/mol. The van der Waals surface area contributed by atoms with E-state index in [4.69, 9.17) is 29.5 Å². The van der Waals surface area contributed by atoms with E-state index in [1.807, 2.05) is 27.7 Å². The summed E-state index contributed by atoms with van der Waals surface area (Å²) in [5.41, 5.74) is 4.21. The predicted molar refractivity (Wildman–Crippen MR) is 401 cm³/mol. The van der Waals surface area contributed by atoms with Gasteiger partial charge in [0.15, 0.2) is 0 Å². The van der Waals surface area contributed by atoms with Crippen molar-refractivity contribution >= 4 is 36.1 Å². The summed E-state index contributed by atoms with van der Waals surface area (Å²) in [6, 6.07) is 43.8. The predicted octanol–water partition coefficient (Wildman–Crippen LogP) is 17.3. The molecule has 0 bridgehead atoms. The molecule has 0 aliphatic carbocycles. The summed E-state index contributed by atoms with van der Waals surface area (Å²) in [5, 5.41) is 28.1. The number of nitrogens with zero attached hydrogens (tertiary/aromatic N) is 7. The van der Waals surface area contributed by atoms with Crippen LogP contribution in [-0.4, -0.2) is 121 Å². The molecule has 0 atom stereocenters. The maximum Gasteiger partial charge on any atom is 0.407 e. The van der Waals surface area contributed by atoms with E-state index >= 15 is 0 Å². The smallest absolute Gasteiger partial charge is 0.407 e. The second-order valence-electron chi connectivity index (χ2n) is 20.5. The van der Waals surface area contributed by atoms with E-state index in [2.05, 4.69) is 82.4 Å². The molecule has 4 N–H and O–H groups in total. The fourth-order valence-electron chi connectivity index (χ4n) is 7.37. The number of halogens is 8. The van der Waals surface area contributed by atoms with Crippen molar-refractivity contribution in [2.24, 2.45) is 4.99 Å². The number of carbonyl (C=O) groups excluding carboxylic acids is 4. The second kappa shape index (κ2) is 62.1. The van der Waals surface area contributed by atoms with Gasteiger partial charge in [-0.3, -0.25) is 35.1 Å². The number of alkyl carbamates (subject to hydrolysis) is 1. The average Bonchev–Trinajstić information content (AvgIpc) is 0.876. The molecule has 10 aromatic rings. The molecule has 1 amide bonds. The first-order valence-electron chi connectivity index (χ1n) is 32.7. The van der Waals surface area contributed by atoms with Crippen LogP contribution in [-0.2, 0) is 86.8 Å². The molecule has 608 valence electrons. The van der Waals surface area contributed by atoms with Gasteiger partial charge in [-0.05, 0) is 91.4 Å². The van der Waals surface area contributed by atoms with Crippen molar-refractivity contribution in [2.75, 3.05) is 39.5 Å². The van der Waals surface area contributed by atoms with Crippen LogP contribution in [0, 0.1) is 70.8 Å². The number of aliphatic hydroxyl groups is 1. The third-order valence-electron chi connectivity index (χ3n) is 12.4. The van der Waals surface area contributed by atoms with Crippen molar-refractivity contribution in [3.63, 3.8) is 0 Å². The molecule has 0 saturated carbocycles. The molecule has 21 nitrogen and oxygen atoms in total. The van der Waals surface area contributed by atoms with Crippen LogP contribution in [0.2, 0.25) is 0 Å². The van der Waals surface area contributed by atoms with Crippen LogP contribution in [0.25, 0.3) is 45.0 Å². The van der Waals surface area contributed by atoms with Crippen molar-refractivity contribution in [3.8, 4) is 45.0 Å². The van der Waals surface area contributed by atoms with Crippen LogP contribution >= 0.6 is 0 Å². The van der Waals surface area contributed by atoms with Crippen LogP contribution in [0.15, 0.2) is 212 Å². The summed E-state index contributed by atoms with van der Waals surface area (Å²) in [5.74, 6) is -8.33. The fourth-order valence-corrected chi connectivity index (χ4v) is 7.37. The Hall–Kier alpha value is -11.6. The minimum atomic E-state index is -1.13. The van der Waals surface area contributed by atoms with Crippen LogP contribution in [0.4, 0.5) is 39.9 Å². The van der Waals surface area contributed by atoms with Crippen molar-refractivity contribution in [1.29, 1.82) is 0 Å². The van der Waals surface area contributed by atoms with E-state index in [1.165, 1.54) is 62.5 Å². The molecule has 4 aromatic carbocycles. The van der Waals surface area contributed by atoms with E-state index in [-0.39, 0.29) is 134 Å². The number of aliphatic imine (C=N–C) groups is 1. The molecule has 1 fully saturated rings. The summed E-state index contributed by atoms with van der Waals surface area (Å²) in [7, 11) is 0. The minimum absolute atomic E-state index is 0. The molecule has 1 aliphatic heterocycles. The van der Waals surface area contributed by atoms with Gasteiger partial charge in [-0.1, -0.05) is 163 Å². The number of aliphatic hydroxyl groups excluding tert-OH is 1. The van der Waals surface area contributed by atoms with E-state index in [0.717, 1.165) is 61.7 Å². The number of nitrogens with one attached hydrogen (secondary N) is 1.